The van der Waals surface area contributed by atoms with Crippen LogP contribution in [0.2, 0.25) is 5.15 Å². The van der Waals surface area contributed by atoms with Gasteiger partial charge in [0.05, 0.1) is 6.33 Å². The van der Waals surface area contributed by atoms with E-state index in [1.165, 1.54) is 6.33 Å². The fraction of sp³-hybridized carbons (Fsp3) is 0.571. The van der Waals surface area contributed by atoms with E-state index in [0.29, 0.717) is 10.7 Å². The van der Waals surface area contributed by atoms with E-state index in [1.807, 2.05) is 25.3 Å². The number of imidazole rings is 1. The number of rotatable bonds is 2. The van der Waals surface area contributed by atoms with Crippen molar-refractivity contribution in [3.05, 3.63) is 17.8 Å². The topological polar surface area (TPSA) is 81.9 Å². The summed E-state index contributed by atoms with van der Waals surface area (Å²) in [5.41, 5.74) is 0.843. The first-order valence-electron chi connectivity index (χ1n) is 7.16. The average molecular weight is 324 g/mol. The number of halogens is 1. The van der Waals surface area contributed by atoms with E-state index >= 15 is 0 Å². The molecule has 0 unspecified atom stereocenters. The summed E-state index contributed by atoms with van der Waals surface area (Å²) in [6, 6.07) is 0.352. The minimum absolute atomic E-state index is 0.106. The van der Waals surface area contributed by atoms with Crippen molar-refractivity contribution in [2.24, 2.45) is 0 Å². The molecule has 1 amide bonds. The summed E-state index contributed by atoms with van der Waals surface area (Å²) in [6.45, 7) is 5.53. The number of hydrogen-bond acceptors (Lipinski definition) is 5. The number of aromatic nitrogens is 4. The zero-order chi connectivity index (χ0) is 15.9. The predicted molar refractivity (Wildman–Crippen MR) is 81.8 cm³/mol. The number of amides is 1. The number of nitrogens with zero attached hydrogens (tertiary/aromatic N) is 4. The molecule has 2 aromatic heterocycles. The average Bonchev–Trinajstić information content (AvgIpc) is 2.76. The Bertz CT molecular complexity index is 703. The molecule has 0 aliphatic heterocycles. The summed E-state index contributed by atoms with van der Waals surface area (Å²) < 4.78 is 7.23. The highest BCUT2D eigenvalue weighted by atomic mass is 35.5. The van der Waals surface area contributed by atoms with E-state index in [0.717, 1.165) is 18.5 Å². The Morgan fingerprint density at radius 1 is 1.36 bits per heavy atom. The van der Waals surface area contributed by atoms with E-state index in [9.17, 15) is 4.79 Å². The van der Waals surface area contributed by atoms with Crippen molar-refractivity contribution in [3.63, 3.8) is 0 Å². The van der Waals surface area contributed by atoms with Crippen molar-refractivity contribution in [2.45, 2.75) is 51.3 Å². The molecule has 2 heterocycles. The van der Waals surface area contributed by atoms with Gasteiger partial charge in [-0.15, -0.1) is 0 Å². The molecule has 0 radical (unpaired) electrons. The molecule has 0 bridgehead atoms. The molecule has 1 aliphatic carbocycles. The SMILES string of the molecule is CC(C)(C)OC(=O)NC1CC(n2cnc3c(Cl)ncnc32)C1. The van der Waals surface area contributed by atoms with Crippen LogP contribution >= 0.6 is 11.6 Å². The Labute approximate surface area is 133 Å². The van der Waals surface area contributed by atoms with Gasteiger partial charge in [-0.25, -0.2) is 19.7 Å². The van der Waals surface area contributed by atoms with Crippen LogP contribution in [0.25, 0.3) is 11.2 Å². The summed E-state index contributed by atoms with van der Waals surface area (Å²) in [7, 11) is 0. The number of ether oxygens (including phenoxy) is 1. The second-order valence-electron chi connectivity index (χ2n) is 6.46. The van der Waals surface area contributed by atoms with Crippen LogP contribution in [0, 0.1) is 0 Å². The molecule has 1 fully saturated rings. The van der Waals surface area contributed by atoms with Gasteiger partial charge in [-0.3, -0.25) is 0 Å². The maximum absolute atomic E-state index is 11.7. The number of fused-ring (bicyclic) bond motifs is 1. The molecular weight excluding hydrogens is 306 g/mol. The highest BCUT2D eigenvalue weighted by molar-refractivity contribution is 6.33. The zero-order valence-corrected chi connectivity index (χ0v) is 13.5. The lowest BCUT2D eigenvalue weighted by molar-refractivity contribution is 0.0457. The molecule has 0 atom stereocenters. The lowest BCUT2D eigenvalue weighted by Gasteiger charge is -2.36. The maximum atomic E-state index is 11.7. The van der Waals surface area contributed by atoms with Crippen LogP contribution in [-0.2, 0) is 4.74 Å². The molecule has 2 aromatic rings. The first-order chi connectivity index (χ1) is 10.3. The zero-order valence-electron chi connectivity index (χ0n) is 12.7. The van der Waals surface area contributed by atoms with Crippen molar-refractivity contribution >= 4 is 28.9 Å². The van der Waals surface area contributed by atoms with Gasteiger partial charge < -0.3 is 14.6 Å². The Balaban J connectivity index is 1.61. The monoisotopic (exact) mass is 323 g/mol. The number of nitrogens with one attached hydrogen (secondary N) is 1. The van der Waals surface area contributed by atoms with E-state index in [-0.39, 0.29) is 18.2 Å². The second-order valence-corrected chi connectivity index (χ2v) is 6.81. The normalized spacial score (nSPS) is 21.5. The second kappa shape index (κ2) is 5.39. The fourth-order valence-corrected chi connectivity index (χ4v) is 2.67. The molecule has 8 heteroatoms. The van der Waals surface area contributed by atoms with Gasteiger partial charge in [-0.1, -0.05) is 11.6 Å². The maximum Gasteiger partial charge on any atom is 0.407 e. The van der Waals surface area contributed by atoms with Gasteiger partial charge in [0, 0.05) is 12.1 Å². The van der Waals surface area contributed by atoms with Gasteiger partial charge in [-0.05, 0) is 33.6 Å². The molecule has 7 nitrogen and oxygen atoms in total. The number of alkyl carbamates (subject to hydrolysis) is 1. The molecule has 1 aliphatic rings. The molecular formula is C14H18ClN5O2. The lowest BCUT2D eigenvalue weighted by Crippen LogP contribution is -2.46. The third kappa shape index (κ3) is 2.99. The first-order valence-corrected chi connectivity index (χ1v) is 7.54. The standard InChI is InChI=1S/C14H18ClN5O2/c1-14(2,3)22-13(21)19-8-4-9(5-8)20-7-18-10-11(15)16-6-17-12(10)20/h6-9H,4-5H2,1-3H3,(H,19,21). The summed E-state index contributed by atoms with van der Waals surface area (Å²) in [5.74, 6) is 0. The van der Waals surface area contributed by atoms with Crippen LogP contribution < -0.4 is 5.32 Å². The summed E-state index contributed by atoms with van der Waals surface area (Å²) in [6.07, 6.45) is 4.40. The lowest BCUT2D eigenvalue weighted by atomic mass is 9.86. The molecule has 3 rings (SSSR count). The predicted octanol–water partition coefficient (Wildman–Crippen LogP) is 2.71. The minimum atomic E-state index is -0.485. The highest BCUT2D eigenvalue weighted by Crippen LogP contribution is 2.34. The van der Waals surface area contributed by atoms with Gasteiger partial charge >= 0.3 is 6.09 Å². The van der Waals surface area contributed by atoms with Crippen LogP contribution in [0.3, 0.4) is 0 Å². The molecule has 0 saturated heterocycles. The van der Waals surface area contributed by atoms with E-state index in [2.05, 4.69) is 20.3 Å². The van der Waals surface area contributed by atoms with Crippen molar-refractivity contribution in [1.29, 1.82) is 0 Å². The van der Waals surface area contributed by atoms with E-state index in [4.69, 9.17) is 16.3 Å². The summed E-state index contributed by atoms with van der Waals surface area (Å²) in [5, 5.41) is 3.22. The van der Waals surface area contributed by atoms with Gasteiger partial charge in [0.1, 0.15) is 17.4 Å². The van der Waals surface area contributed by atoms with Crippen LogP contribution in [0.5, 0.6) is 0 Å². The first kappa shape index (κ1) is 15.0. The molecule has 0 spiro atoms. The van der Waals surface area contributed by atoms with Crippen LogP contribution in [-0.4, -0.2) is 37.3 Å². The molecule has 1 saturated carbocycles. The van der Waals surface area contributed by atoms with Gasteiger partial charge in [0.15, 0.2) is 10.8 Å². The Hall–Kier alpha value is -1.89. The van der Waals surface area contributed by atoms with Crippen LogP contribution in [0.1, 0.15) is 39.7 Å². The number of carbonyl (C=O) groups excluding carboxylic acids is 1. The Kier molecular flexibility index (Phi) is 3.68. The minimum Gasteiger partial charge on any atom is -0.444 e. The van der Waals surface area contributed by atoms with Crippen molar-refractivity contribution < 1.29 is 9.53 Å². The van der Waals surface area contributed by atoms with E-state index < -0.39 is 5.60 Å². The van der Waals surface area contributed by atoms with Crippen molar-refractivity contribution in [2.75, 3.05) is 0 Å². The summed E-state index contributed by atoms with van der Waals surface area (Å²) >= 11 is 5.99. The van der Waals surface area contributed by atoms with Crippen molar-refractivity contribution in [1.82, 2.24) is 24.8 Å². The largest absolute Gasteiger partial charge is 0.444 e. The van der Waals surface area contributed by atoms with Gasteiger partial charge in [0.25, 0.3) is 0 Å². The summed E-state index contributed by atoms with van der Waals surface area (Å²) in [4.78, 5) is 24.1. The number of hydrogen-bond donors (Lipinski definition) is 1. The van der Waals surface area contributed by atoms with Crippen LogP contribution in [0.4, 0.5) is 4.79 Å². The number of carbonyl (C=O) groups is 1. The van der Waals surface area contributed by atoms with Gasteiger partial charge in [-0.2, -0.15) is 0 Å². The molecule has 0 aromatic carbocycles. The Morgan fingerprint density at radius 2 is 2.09 bits per heavy atom. The molecule has 1 N–H and O–H groups in total. The molecule has 22 heavy (non-hydrogen) atoms. The third-order valence-electron chi connectivity index (χ3n) is 3.54. The van der Waals surface area contributed by atoms with E-state index in [1.54, 1.807) is 6.33 Å². The van der Waals surface area contributed by atoms with Crippen LogP contribution in [0.15, 0.2) is 12.7 Å². The van der Waals surface area contributed by atoms with Crippen molar-refractivity contribution in [3.8, 4) is 0 Å². The Morgan fingerprint density at radius 3 is 2.77 bits per heavy atom. The molecule has 118 valence electrons. The smallest absolute Gasteiger partial charge is 0.407 e. The fourth-order valence-electron chi connectivity index (χ4n) is 2.50. The third-order valence-corrected chi connectivity index (χ3v) is 3.82. The quantitative estimate of drug-likeness (QED) is 0.859. The van der Waals surface area contributed by atoms with Gasteiger partial charge in [0.2, 0.25) is 0 Å². The highest BCUT2D eigenvalue weighted by Gasteiger charge is 2.33.